The molecule has 33 heavy (non-hydrogen) atoms. The van der Waals surface area contributed by atoms with E-state index in [1.54, 1.807) is 42.5 Å². The van der Waals surface area contributed by atoms with Crippen molar-refractivity contribution in [1.29, 1.82) is 0 Å². The Kier molecular flexibility index (Phi) is 5.49. The molecule has 0 aliphatic carbocycles. The fourth-order valence-corrected chi connectivity index (χ4v) is 3.88. The standard InChI is InChI=1S/C26H23FN2O4/c1-26(2,3)28-22-18(15-10-12-16(27)13-11-15)14-19(25(32)33-4)20-21(22)24(31)29(23(20)30)17-8-6-5-7-9-17/h5-14,28H,1-4H3. The first kappa shape index (κ1) is 22.2. The van der Waals surface area contributed by atoms with Gasteiger partial charge in [0.05, 0.1) is 35.2 Å². The van der Waals surface area contributed by atoms with Crippen LogP contribution in [-0.4, -0.2) is 30.4 Å². The normalized spacial score (nSPS) is 13.2. The average molecular weight is 446 g/mol. The molecule has 0 radical (unpaired) electrons. The maximum atomic E-state index is 13.7. The van der Waals surface area contributed by atoms with Gasteiger partial charge in [-0.2, -0.15) is 0 Å². The van der Waals surface area contributed by atoms with Crippen LogP contribution in [0.3, 0.4) is 0 Å². The van der Waals surface area contributed by atoms with Gasteiger partial charge in [-0.1, -0.05) is 30.3 Å². The second-order valence-corrected chi connectivity index (χ2v) is 8.75. The molecule has 0 fully saturated rings. The Morgan fingerprint density at radius 1 is 0.939 bits per heavy atom. The number of ether oxygens (including phenoxy) is 1. The maximum Gasteiger partial charge on any atom is 0.338 e. The van der Waals surface area contributed by atoms with Crippen molar-refractivity contribution in [2.24, 2.45) is 0 Å². The molecule has 0 unspecified atom stereocenters. The number of rotatable bonds is 4. The van der Waals surface area contributed by atoms with Crippen LogP contribution in [-0.2, 0) is 4.74 Å². The zero-order chi connectivity index (χ0) is 23.9. The zero-order valence-corrected chi connectivity index (χ0v) is 18.7. The summed E-state index contributed by atoms with van der Waals surface area (Å²) in [6, 6.07) is 15.7. The zero-order valence-electron chi connectivity index (χ0n) is 18.7. The molecule has 3 aromatic carbocycles. The molecule has 1 aliphatic heterocycles. The van der Waals surface area contributed by atoms with Crippen molar-refractivity contribution in [3.8, 4) is 11.1 Å². The fraction of sp³-hybridized carbons (Fsp3) is 0.192. The first-order valence-electron chi connectivity index (χ1n) is 10.4. The van der Waals surface area contributed by atoms with Crippen LogP contribution in [0, 0.1) is 5.82 Å². The van der Waals surface area contributed by atoms with E-state index in [-0.39, 0.29) is 16.7 Å². The number of nitrogens with zero attached hydrogens (tertiary/aromatic N) is 1. The fourth-order valence-electron chi connectivity index (χ4n) is 3.88. The number of para-hydroxylation sites is 1. The number of carbonyl (C=O) groups excluding carboxylic acids is 3. The molecule has 0 bridgehead atoms. The minimum Gasteiger partial charge on any atom is -0.465 e. The van der Waals surface area contributed by atoms with E-state index < -0.39 is 29.1 Å². The number of esters is 1. The third-order valence-corrected chi connectivity index (χ3v) is 5.24. The summed E-state index contributed by atoms with van der Waals surface area (Å²) in [6.07, 6.45) is 0. The van der Waals surface area contributed by atoms with Crippen molar-refractivity contribution in [1.82, 2.24) is 0 Å². The van der Waals surface area contributed by atoms with Crippen molar-refractivity contribution >= 4 is 29.2 Å². The summed E-state index contributed by atoms with van der Waals surface area (Å²) >= 11 is 0. The Labute approximate surface area is 191 Å². The summed E-state index contributed by atoms with van der Waals surface area (Å²) in [5.74, 6) is -2.32. The van der Waals surface area contributed by atoms with Crippen LogP contribution in [0.15, 0.2) is 60.7 Å². The molecule has 1 N–H and O–H groups in total. The Balaban J connectivity index is 2.06. The summed E-state index contributed by atoms with van der Waals surface area (Å²) in [7, 11) is 1.21. The largest absolute Gasteiger partial charge is 0.465 e. The molecule has 0 atom stereocenters. The molecule has 1 heterocycles. The van der Waals surface area contributed by atoms with Gasteiger partial charge in [0.25, 0.3) is 11.8 Å². The molecule has 1 aliphatic rings. The molecule has 168 valence electrons. The summed E-state index contributed by atoms with van der Waals surface area (Å²) in [4.78, 5) is 40.9. The lowest BCUT2D eigenvalue weighted by Gasteiger charge is -2.26. The monoisotopic (exact) mass is 446 g/mol. The Bertz CT molecular complexity index is 1260. The van der Waals surface area contributed by atoms with Crippen LogP contribution in [0.25, 0.3) is 11.1 Å². The third kappa shape index (κ3) is 3.98. The van der Waals surface area contributed by atoms with E-state index in [1.807, 2.05) is 20.8 Å². The number of hydrogen-bond acceptors (Lipinski definition) is 5. The van der Waals surface area contributed by atoms with Crippen LogP contribution in [0.2, 0.25) is 0 Å². The highest BCUT2D eigenvalue weighted by Crippen LogP contribution is 2.42. The Morgan fingerprint density at radius 2 is 1.55 bits per heavy atom. The second kappa shape index (κ2) is 8.16. The first-order chi connectivity index (χ1) is 15.6. The molecule has 4 rings (SSSR count). The molecular weight excluding hydrogens is 423 g/mol. The summed E-state index contributed by atoms with van der Waals surface area (Å²) in [6.45, 7) is 5.74. The number of nitrogens with one attached hydrogen (secondary N) is 1. The number of benzene rings is 3. The highest BCUT2D eigenvalue weighted by Gasteiger charge is 2.43. The predicted molar refractivity (Wildman–Crippen MR) is 124 cm³/mol. The molecule has 3 aromatic rings. The van der Waals surface area contributed by atoms with Crippen molar-refractivity contribution in [2.45, 2.75) is 26.3 Å². The predicted octanol–water partition coefficient (Wildman–Crippen LogP) is 5.29. The number of anilines is 2. The molecule has 0 saturated carbocycles. The number of methoxy groups -OCH3 is 1. The lowest BCUT2D eigenvalue weighted by Crippen LogP contribution is -2.30. The number of fused-ring (bicyclic) bond motifs is 1. The van der Waals surface area contributed by atoms with Gasteiger partial charge in [-0.3, -0.25) is 9.59 Å². The summed E-state index contributed by atoms with van der Waals surface area (Å²) in [5.41, 5.74) is 1.41. The van der Waals surface area contributed by atoms with Gasteiger partial charge in [-0.15, -0.1) is 0 Å². The number of hydrogen-bond donors (Lipinski definition) is 1. The molecule has 2 amide bonds. The number of imide groups is 1. The van der Waals surface area contributed by atoms with Crippen molar-refractivity contribution < 1.29 is 23.5 Å². The number of carbonyl (C=O) groups is 3. The van der Waals surface area contributed by atoms with Crippen LogP contribution in [0.1, 0.15) is 51.8 Å². The van der Waals surface area contributed by atoms with Crippen LogP contribution in [0.5, 0.6) is 0 Å². The van der Waals surface area contributed by atoms with E-state index in [9.17, 15) is 18.8 Å². The third-order valence-electron chi connectivity index (χ3n) is 5.24. The molecule has 0 aromatic heterocycles. The van der Waals surface area contributed by atoms with E-state index in [4.69, 9.17) is 4.74 Å². The Hall–Kier alpha value is -4.00. The smallest absolute Gasteiger partial charge is 0.338 e. The summed E-state index contributed by atoms with van der Waals surface area (Å²) in [5, 5.41) is 3.32. The van der Waals surface area contributed by atoms with Gasteiger partial charge in [0.2, 0.25) is 0 Å². The van der Waals surface area contributed by atoms with E-state index in [0.29, 0.717) is 22.5 Å². The highest BCUT2D eigenvalue weighted by atomic mass is 19.1. The van der Waals surface area contributed by atoms with Crippen molar-refractivity contribution in [3.63, 3.8) is 0 Å². The molecule has 0 saturated heterocycles. The van der Waals surface area contributed by atoms with Crippen LogP contribution < -0.4 is 10.2 Å². The number of halogens is 1. The Morgan fingerprint density at radius 3 is 2.12 bits per heavy atom. The minimum atomic E-state index is -0.743. The lowest BCUT2D eigenvalue weighted by molar-refractivity contribution is 0.0597. The maximum absolute atomic E-state index is 13.7. The van der Waals surface area contributed by atoms with Gasteiger partial charge < -0.3 is 10.1 Å². The molecule has 0 spiro atoms. The van der Waals surface area contributed by atoms with Gasteiger partial charge in [-0.25, -0.2) is 14.1 Å². The van der Waals surface area contributed by atoms with Gasteiger partial charge in [0.1, 0.15) is 5.82 Å². The van der Waals surface area contributed by atoms with Crippen LogP contribution >= 0.6 is 0 Å². The van der Waals surface area contributed by atoms with E-state index >= 15 is 0 Å². The quantitative estimate of drug-likeness (QED) is 0.435. The van der Waals surface area contributed by atoms with Gasteiger partial charge in [0, 0.05) is 11.1 Å². The summed E-state index contributed by atoms with van der Waals surface area (Å²) < 4.78 is 18.5. The van der Waals surface area contributed by atoms with Gasteiger partial charge in [0.15, 0.2) is 0 Å². The molecule has 7 heteroatoms. The van der Waals surface area contributed by atoms with Gasteiger partial charge >= 0.3 is 5.97 Å². The topological polar surface area (TPSA) is 75.7 Å². The van der Waals surface area contributed by atoms with Gasteiger partial charge in [-0.05, 0) is 56.7 Å². The average Bonchev–Trinajstić information content (AvgIpc) is 3.04. The van der Waals surface area contributed by atoms with Crippen molar-refractivity contribution in [2.75, 3.05) is 17.3 Å². The molecular formula is C26H23FN2O4. The second-order valence-electron chi connectivity index (χ2n) is 8.75. The van der Waals surface area contributed by atoms with E-state index in [1.165, 1.54) is 25.3 Å². The lowest BCUT2D eigenvalue weighted by atomic mass is 9.91. The first-order valence-corrected chi connectivity index (χ1v) is 10.4. The van der Waals surface area contributed by atoms with Crippen LogP contribution in [0.4, 0.5) is 15.8 Å². The minimum absolute atomic E-state index is 0.0201. The van der Waals surface area contributed by atoms with Crippen molar-refractivity contribution in [3.05, 3.63) is 83.2 Å². The van der Waals surface area contributed by atoms with E-state index in [0.717, 1.165) is 4.90 Å². The number of amides is 2. The highest BCUT2D eigenvalue weighted by molar-refractivity contribution is 6.38. The van der Waals surface area contributed by atoms with E-state index in [2.05, 4.69) is 5.32 Å². The molecule has 6 nitrogen and oxygen atoms in total. The SMILES string of the molecule is COC(=O)c1cc(-c2ccc(F)cc2)c(NC(C)(C)C)c2c1C(=O)N(c1ccccc1)C2=O.